The Bertz CT molecular complexity index is 404. The van der Waals surface area contributed by atoms with Crippen LogP contribution >= 0.6 is 11.3 Å². The van der Waals surface area contributed by atoms with E-state index in [2.05, 4.69) is 32.9 Å². The van der Waals surface area contributed by atoms with Crippen LogP contribution in [-0.4, -0.2) is 28.6 Å². The third-order valence-corrected chi connectivity index (χ3v) is 4.32. The fourth-order valence-electron chi connectivity index (χ4n) is 1.66. The van der Waals surface area contributed by atoms with Crippen molar-refractivity contribution in [2.24, 2.45) is 0 Å². The second-order valence-electron chi connectivity index (χ2n) is 5.91. The van der Waals surface area contributed by atoms with Crippen molar-refractivity contribution in [2.45, 2.75) is 52.6 Å². The van der Waals surface area contributed by atoms with Crippen molar-refractivity contribution in [3.63, 3.8) is 0 Å². The molecule has 0 bridgehead atoms. The van der Waals surface area contributed by atoms with Gasteiger partial charge in [0.15, 0.2) is 0 Å². The summed E-state index contributed by atoms with van der Waals surface area (Å²) in [7, 11) is 0. The van der Waals surface area contributed by atoms with Gasteiger partial charge < -0.3 is 5.11 Å². The van der Waals surface area contributed by atoms with Gasteiger partial charge in [-0.2, -0.15) is 0 Å². The van der Waals surface area contributed by atoms with Crippen LogP contribution in [-0.2, 0) is 16.8 Å². The zero-order chi connectivity index (χ0) is 13.9. The summed E-state index contributed by atoms with van der Waals surface area (Å²) in [6.07, 6.45) is 0. The molecule has 1 N–H and O–H groups in total. The fraction of sp³-hybridized carbons (Fsp3) is 0.643. The van der Waals surface area contributed by atoms with Crippen molar-refractivity contribution in [1.82, 2.24) is 4.90 Å². The van der Waals surface area contributed by atoms with Crippen molar-refractivity contribution in [3.8, 4) is 0 Å². The van der Waals surface area contributed by atoms with Gasteiger partial charge in [-0.1, -0.05) is 20.8 Å². The number of hydrogen-bond acceptors (Lipinski definition) is 3. The number of thiophene rings is 1. The van der Waals surface area contributed by atoms with Crippen molar-refractivity contribution >= 4 is 17.3 Å². The van der Waals surface area contributed by atoms with Crippen LogP contribution in [0.25, 0.3) is 0 Å². The Balaban J connectivity index is 2.76. The largest absolute Gasteiger partial charge is 0.480 e. The highest BCUT2D eigenvalue weighted by molar-refractivity contribution is 7.12. The minimum absolute atomic E-state index is 0.0976. The second kappa shape index (κ2) is 5.85. The highest BCUT2D eigenvalue weighted by atomic mass is 32.1. The zero-order valence-electron chi connectivity index (χ0n) is 11.9. The molecule has 0 aliphatic carbocycles. The molecular formula is C14H23NO2S. The van der Waals surface area contributed by atoms with E-state index in [1.807, 2.05) is 18.7 Å². The Labute approximate surface area is 113 Å². The van der Waals surface area contributed by atoms with E-state index in [1.165, 1.54) is 9.75 Å². The average molecular weight is 269 g/mol. The molecule has 3 nitrogen and oxygen atoms in total. The number of aliphatic carboxylic acids is 1. The molecule has 1 aromatic heterocycles. The third-order valence-electron chi connectivity index (χ3n) is 2.83. The number of hydrogen-bond donors (Lipinski definition) is 1. The highest BCUT2D eigenvalue weighted by Crippen LogP contribution is 2.30. The van der Waals surface area contributed by atoms with E-state index in [-0.39, 0.29) is 18.0 Å². The van der Waals surface area contributed by atoms with E-state index < -0.39 is 5.97 Å². The van der Waals surface area contributed by atoms with Gasteiger partial charge in [-0.25, -0.2) is 0 Å². The molecule has 0 atom stereocenters. The highest BCUT2D eigenvalue weighted by Gasteiger charge is 2.18. The summed E-state index contributed by atoms with van der Waals surface area (Å²) in [5.41, 5.74) is 0.165. The lowest BCUT2D eigenvalue weighted by Crippen LogP contribution is -2.34. The van der Waals surface area contributed by atoms with Gasteiger partial charge in [0.2, 0.25) is 0 Å². The lowest BCUT2D eigenvalue weighted by atomic mass is 9.95. The maximum atomic E-state index is 10.8. The first-order valence-corrected chi connectivity index (χ1v) is 7.07. The van der Waals surface area contributed by atoms with Gasteiger partial charge in [0.1, 0.15) is 0 Å². The Hall–Kier alpha value is -0.870. The van der Waals surface area contributed by atoms with Crippen LogP contribution in [0.2, 0.25) is 0 Å². The predicted octanol–water partition coefficient (Wildman–Crippen LogP) is 3.34. The average Bonchev–Trinajstić information content (AvgIpc) is 2.63. The van der Waals surface area contributed by atoms with E-state index in [9.17, 15) is 4.79 Å². The summed E-state index contributed by atoms with van der Waals surface area (Å²) in [4.78, 5) is 15.4. The molecule has 0 unspecified atom stereocenters. The molecule has 0 aliphatic heterocycles. The lowest BCUT2D eigenvalue weighted by molar-refractivity contribution is -0.138. The van der Waals surface area contributed by atoms with E-state index in [0.29, 0.717) is 6.54 Å². The SMILES string of the molecule is CC(C)N(CC(=O)O)Cc1ccc(C(C)(C)C)s1. The Morgan fingerprint density at radius 3 is 2.39 bits per heavy atom. The molecule has 1 aromatic rings. The van der Waals surface area contributed by atoms with Gasteiger partial charge >= 0.3 is 5.97 Å². The first-order valence-electron chi connectivity index (χ1n) is 6.25. The topological polar surface area (TPSA) is 40.5 Å². The molecule has 102 valence electrons. The molecule has 0 radical (unpaired) electrons. The monoisotopic (exact) mass is 269 g/mol. The van der Waals surface area contributed by atoms with Gasteiger partial charge in [-0.15, -0.1) is 11.3 Å². The van der Waals surface area contributed by atoms with Gasteiger partial charge in [-0.3, -0.25) is 9.69 Å². The Kier molecular flexibility index (Phi) is 4.93. The van der Waals surface area contributed by atoms with Crippen molar-refractivity contribution in [3.05, 3.63) is 21.9 Å². The van der Waals surface area contributed by atoms with Gasteiger partial charge in [0.25, 0.3) is 0 Å². The van der Waals surface area contributed by atoms with Crippen LogP contribution in [0, 0.1) is 0 Å². The summed E-state index contributed by atoms with van der Waals surface area (Å²) in [5, 5.41) is 8.91. The van der Waals surface area contributed by atoms with E-state index in [4.69, 9.17) is 5.11 Å². The number of carboxylic acid groups (broad SMARTS) is 1. The fourth-order valence-corrected chi connectivity index (χ4v) is 2.75. The standard InChI is InChI=1S/C14H23NO2S/c1-10(2)15(9-13(16)17)8-11-6-7-12(18-11)14(3,4)5/h6-7,10H,8-9H2,1-5H3,(H,16,17). The van der Waals surface area contributed by atoms with Crippen LogP contribution in [0.3, 0.4) is 0 Å². The number of nitrogens with zero attached hydrogens (tertiary/aromatic N) is 1. The molecule has 0 amide bonds. The predicted molar refractivity (Wildman–Crippen MR) is 76.2 cm³/mol. The molecule has 0 spiro atoms. The van der Waals surface area contributed by atoms with Crippen LogP contribution in [0.1, 0.15) is 44.4 Å². The van der Waals surface area contributed by atoms with E-state index >= 15 is 0 Å². The van der Waals surface area contributed by atoms with E-state index in [1.54, 1.807) is 11.3 Å². The lowest BCUT2D eigenvalue weighted by Gasteiger charge is -2.23. The molecular weight excluding hydrogens is 246 g/mol. The quantitative estimate of drug-likeness (QED) is 0.891. The maximum absolute atomic E-state index is 10.8. The van der Waals surface area contributed by atoms with Crippen LogP contribution in [0.15, 0.2) is 12.1 Å². The van der Waals surface area contributed by atoms with Crippen LogP contribution < -0.4 is 0 Å². The van der Waals surface area contributed by atoms with Crippen molar-refractivity contribution < 1.29 is 9.90 Å². The van der Waals surface area contributed by atoms with Gasteiger partial charge in [0.05, 0.1) is 6.54 Å². The molecule has 0 aromatic carbocycles. The summed E-state index contributed by atoms with van der Waals surface area (Å²) in [6.45, 7) is 11.5. The third kappa shape index (κ3) is 4.42. The zero-order valence-corrected chi connectivity index (χ0v) is 12.7. The molecule has 0 aliphatic rings. The number of rotatable bonds is 5. The minimum atomic E-state index is -0.767. The number of carboxylic acids is 1. The second-order valence-corrected chi connectivity index (χ2v) is 7.08. The molecule has 0 saturated heterocycles. The normalized spacial score (nSPS) is 12.4. The Morgan fingerprint density at radius 2 is 2.00 bits per heavy atom. The summed E-state index contributed by atoms with van der Waals surface area (Å²) in [5.74, 6) is -0.767. The first-order chi connectivity index (χ1) is 8.20. The molecule has 0 fully saturated rings. The maximum Gasteiger partial charge on any atom is 0.317 e. The number of carbonyl (C=O) groups is 1. The molecule has 1 heterocycles. The van der Waals surface area contributed by atoms with Gasteiger partial charge in [-0.05, 0) is 31.4 Å². The summed E-state index contributed by atoms with van der Waals surface area (Å²) in [6, 6.07) is 4.50. The summed E-state index contributed by atoms with van der Waals surface area (Å²) < 4.78 is 0. The van der Waals surface area contributed by atoms with Crippen molar-refractivity contribution in [2.75, 3.05) is 6.54 Å². The molecule has 18 heavy (non-hydrogen) atoms. The van der Waals surface area contributed by atoms with Crippen LogP contribution in [0.5, 0.6) is 0 Å². The Morgan fingerprint density at radius 1 is 1.39 bits per heavy atom. The van der Waals surface area contributed by atoms with Crippen LogP contribution in [0.4, 0.5) is 0 Å². The summed E-state index contributed by atoms with van der Waals surface area (Å²) >= 11 is 1.78. The van der Waals surface area contributed by atoms with Gasteiger partial charge in [0, 0.05) is 22.3 Å². The smallest absolute Gasteiger partial charge is 0.317 e. The molecule has 0 saturated carbocycles. The molecule has 4 heteroatoms. The van der Waals surface area contributed by atoms with E-state index in [0.717, 1.165) is 0 Å². The molecule has 1 rings (SSSR count). The minimum Gasteiger partial charge on any atom is -0.480 e. The van der Waals surface area contributed by atoms with Crippen molar-refractivity contribution in [1.29, 1.82) is 0 Å². The first kappa shape index (κ1) is 15.2.